The van der Waals surface area contributed by atoms with Gasteiger partial charge in [-0.15, -0.1) is 0 Å². The fourth-order valence-electron chi connectivity index (χ4n) is 2.37. The van der Waals surface area contributed by atoms with E-state index in [1.165, 1.54) is 17.2 Å². The van der Waals surface area contributed by atoms with Crippen LogP contribution in [0.15, 0.2) is 36.5 Å². The molecule has 0 atom stereocenters. The van der Waals surface area contributed by atoms with Gasteiger partial charge >= 0.3 is 0 Å². The summed E-state index contributed by atoms with van der Waals surface area (Å²) in [6.45, 7) is 2.13. The first-order valence-corrected chi connectivity index (χ1v) is 7.55. The summed E-state index contributed by atoms with van der Waals surface area (Å²) in [7, 11) is 3.34. The average Bonchev–Trinajstić information content (AvgIpc) is 3.28. The van der Waals surface area contributed by atoms with Crippen LogP contribution in [-0.4, -0.2) is 29.9 Å². The van der Waals surface area contributed by atoms with E-state index >= 15 is 0 Å². The monoisotopic (exact) mass is 314 g/mol. The molecule has 1 aromatic heterocycles. The fourth-order valence-corrected chi connectivity index (χ4v) is 2.37. The second kappa shape index (κ2) is 5.65. The molecule has 0 radical (unpaired) electrons. The van der Waals surface area contributed by atoms with Gasteiger partial charge in [0.2, 0.25) is 5.88 Å². The van der Waals surface area contributed by atoms with Crippen molar-refractivity contribution >= 4 is 5.91 Å². The van der Waals surface area contributed by atoms with E-state index in [2.05, 4.69) is 11.9 Å². The van der Waals surface area contributed by atoms with Gasteiger partial charge in [-0.25, -0.2) is 9.37 Å². The summed E-state index contributed by atoms with van der Waals surface area (Å²) >= 11 is 0. The minimum atomic E-state index is -0.397. The van der Waals surface area contributed by atoms with Crippen LogP contribution in [-0.2, 0) is 5.41 Å². The van der Waals surface area contributed by atoms with Crippen LogP contribution in [0, 0.1) is 5.82 Å². The molecule has 4 nitrogen and oxygen atoms in total. The zero-order chi connectivity index (χ0) is 16.6. The van der Waals surface area contributed by atoms with Crippen molar-refractivity contribution in [2.45, 2.75) is 25.2 Å². The Morgan fingerprint density at radius 2 is 2.00 bits per heavy atom. The summed E-state index contributed by atoms with van der Waals surface area (Å²) in [5.41, 5.74) is 1.58. The van der Waals surface area contributed by atoms with Gasteiger partial charge < -0.3 is 9.64 Å². The second-order valence-electron chi connectivity index (χ2n) is 6.39. The second-order valence-corrected chi connectivity index (χ2v) is 6.39. The number of benzene rings is 1. The maximum absolute atomic E-state index is 14.2. The minimum absolute atomic E-state index is 0.117. The maximum atomic E-state index is 14.2. The van der Waals surface area contributed by atoms with Crippen LogP contribution in [0.5, 0.6) is 11.6 Å². The van der Waals surface area contributed by atoms with Crippen LogP contribution in [0.2, 0.25) is 0 Å². The summed E-state index contributed by atoms with van der Waals surface area (Å²) < 4.78 is 19.7. The standard InChI is InChI=1S/C18H19FN2O2/c1-18(8-9-18)13-5-6-15(14(19)10-13)23-16-7-4-12(11-20-16)17(22)21(2)3/h4-7,10-11H,8-9H2,1-3H3. The lowest BCUT2D eigenvalue weighted by Gasteiger charge is -2.12. The molecule has 3 rings (SSSR count). The van der Waals surface area contributed by atoms with Gasteiger partial charge in [-0.2, -0.15) is 0 Å². The molecular formula is C18H19FN2O2. The molecule has 1 heterocycles. The SMILES string of the molecule is CN(C)C(=O)c1ccc(Oc2ccc(C3(C)CC3)cc2F)nc1. The lowest BCUT2D eigenvalue weighted by Crippen LogP contribution is -2.21. The Morgan fingerprint density at radius 3 is 2.52 bits per heavy atom. The number of nitrogens with zero attached hydrogens (tertiary/aromatic N) is 2. The number of hydrogen-bond donors (Lipinski definition) is 0. The number of carbonyl (C=O) groups excluding carboxylic acids is 1. The predicted molar refractivity (Wildman–Crippen MR) is 85.3 cm³/mol. The van der Waals surface area contributed by atoms with E-state index in [9.17, 15) is 9.18 Å². The van der Waals surface area contributed by atoms with Gasteiger partial charge in [0.15, 0.2) is 11.6 Å². The van der Waals surface area contributed by atoms with Gasteiger partial charge in [0.1, 0.15) is 0 Å². The summed E-state index contributed by atoms with van der Waals surface area (Å²) in [6, 6.07) is 8.24. The number of pyridine rings is 1. The van der Waals surface area contributed by atoms with E-state index < -0.39 is 5.82 Å². The topological polar surface area (TPSA) is 42.4 Å². The summed E-state index contributed by atoms with van der Waals surface area (Å²) in [5, 5.41) is 0. The van der Waals surface area contributed by atoms with Crippen LogP contribution in [0.4, 0.5) is 4.39 Å². The number of ether oxygens (including phenoxy) is 1. The molecular weight excluding hydrogens is 295 g/mol. The number of aromatic nitrogens is 1. The quantitative estimate of drug-likeness (QED) is 0.863. The summed E-state index contributed by atoms with van der Waals surface area (Å²) in [6.07, 6.45) is 3.61. The van der Waals surface area contributed by atoms with E-state index in [1.54, 1.807) is 32.3 Å². The predicted octanol–water partition coefficient (Wildman–Crippen LogP) is 3.77. The van der Waals surface area contributed by atoms with Gasteiger partial charge in [0.25, 0.3) is 5.91 Å². The fraction of sp³-hybridized carbons (Fsp3) is 0.333. The van der Waals surface area contributed by atoms with Crippen molar-refractivity contribution in [2.24, 2.45) is 0 Å². The smallest absolute Gasteiger partial charge is 0.254 e. The Labute approximate surface area is 134 Å². The van der Waals surface area contributed by atoms with Crippen molar-refractivity contribution in [1.82, 2.24) is 9.88 Å². The third-order valence-electron chi connectivity index (χ3n) is 4.23. The molecule has 1 fully saturated rings. The van der Waals surface area contributed by atoms with E-state index in [0.717, 1.165) is 18.4 Å². The van der Waals surface area contributed by atoms with Crippen molar-refractivity contribution in [3.63, 3.8) is 0 Å². The molecule has 1 aliphatic carbocycles. The molecule has 0 bridgehead atoms. The van der Waals surface area contributed by atoms with Crippen LogP contribution in [0.3, 0.4) is 0 Å². The molecule has 0 aliphatic heterocycles. The molecule has 0 N–H and O–H groups in total. The highest BCUT2D eigenvalue weighted by Crippen LogP contribution is 2.48. The van der Waals surface area contributed by atoms with Gasteiger partial charge in [0, 0.05) is 26.4 Å². The number of halogens is 1. The normalized spacial score (nSPS) is 15.1. The van der Waals surface area contributed by atoms with Crippen molar-refractivity contribution in [3.8, 4) is 11.6 Å². The number of amides is 1. The molecule has 1 aliphatic rings. The van der Waals surface area contributed by atoms with E-state index in [1.807, 2.05) is 6.07 Å². The number of carbonyl (C=O) groups is 1. The lowest BCUT2D eigenvalue weighted by molar-refractivity contribution is 0.0827. The third kappa shape index (κ3) is 3.18. The first-order chi connectivity index (χ1) is 10.9. The van der Waals surface area contributed by atoms with Crippen molar-refractivity contribution in [3.05, 3.63) is 53.5 Å². The highest BCUT2D eigenvalue weighted by molar-refractivity contribution is 5.93. The highest BCUT2D eigenvalue weighted by atomic mass is 19.1. The van der Waals surface area contributed by atoms with Gasteiger partial charge in [-0.3, -0.25) is 4.79 Å². The highest BCUT2D eigenvalue weighted by Gasteiger charge is 2.39. The molecule has 0 unspecified atom stereocenters. The molecule has 120 valence electrons. The zero-order valence-corrected chi connectivity index (χ0v) is 13.5. The Balaban J connectivity index is 1.75. The molecule has 1 aromatic carbocycles. The van der Waals surface area contributed by atoms with E-state index in [0.29, 0.717) is 5.56 Å². The van der Waals surface area contributed by atoms with Crippen LogP contribution < -0.4 is 4.74 Å². The molecule has 1 saturated carbocycles. The van der Waals surface area contributed by atoms with Crippen LogP contribution in [0.25, 0.3) is 0 Å². The summed E-state index contributed by atoms with van der Waals surface area (Å²) in [4.78, 5) is 17.3. The maximum Gasteiger partial charge on any atom is 0.254 e. The zero-order valence-electron chi connectivity index (χ0n) is 13.5. The molecule has 1 amide bonds. The average molecular weight is 314 g/mol. The molecule has 0 spiro atoms. The molecule has 0 saturated heterocycles. The molecule has 2 aromatic rings. The minimum Gasteiger partial charge on any atom is -0.436 e. The van der Waals surface area contributed by atoms with E-state index in [4.69, 9.17) is 4.74 Å². The van der Waals surface area contributed by atoms with Crippen LogP contribution >= 0.6 is 0 Å². The molecule has 23 heavy (non-hydrogen) atoms. The number of hydrogen-bond acceptors (Lipinski definition) is 3. The van der Waals surface area contributed by atoms with Crippen molar-refractivity contribution in [1.29, 1.82) is 0 Å². The van der Waals surface area contributed by atoms with Gasteiger partial charge in [-0.1, -0.05) is 13.0 Å². The van der Waals surface area contributed by atoms with Crippen molar-refractivity contribution in [2.75, 3.05) is 14.1 Å². The molecule has 5 heteroatoms. The largest absolute Gasteiger partial charge is 0.436 e. The Bertz CT molecular complexity index is 737. The van der Waals surface area contributed by atoms with Crippen molar-refractivity contribution < 1.29 is 13.9 Å². The first kappa shape index (κ1) is 15.5. The van der Waals surface area contributed by atoms with Crippen LogP contribution in [0.1, 0.15) is 35.7 Å². The van der Waals surface area contributed by atoms with Gasteiger partial charge in [-0.05, 0) is 42.0 Å². The Morgan fingerprint density at radius 1 is 1.26 bits per heavy atom. The first-order valence-electron chi connectivity index (χ1n) is 7.55. The Kier molecular flexibility index (Phi) is 3.80. The van der Waals surface area contributed by atoms with E-state index in [-0.39, 0.29) is 23.0 Å². The number of rotatable bonds is 4. The Hall–Kier alpha value is -2.43. The summed E-state index contributed by atoms with van der Waals surface area (Å²) in [5.74, 6) is -0.148. The third-order valence-corrected chi connectivity index (χ3v) is 4.23. The van der Waals surface area contributed by atoms with Gasteiger partial charge in [0.05, 0.1) is 5.56 Å². The lowest BCUT2D eigenvalue weighted by atomic mass is 9.98.